The van der Waals surface area contributed by atoms with Crippen LogP contribution in [0.4, 0.5) is 0 Å². The number of piperidine rings is 1. The van der Waals surface area contributed by atoms with Crippen LogP contribution in [0.25, 0.3) is 0 Å². The van der Waals surface area contributed by atoms with Gasteiger partial charge in [-0.05, 0) is 75.2 Å². The van der Waals surface area contributed by atoms with Gasteiger partial charge in [0.25, 0.3) is 0 Å². The average Bonchev–Trinajstić information content (AvgIpc) is 3.48. The Morgan fingerprint density at radius 2 is 1.86 bits per heavy atom. The van der Waals surface area contributed by atoms with Crippen LogP contribution in [-0.2, 0) is 16.1 Å². The molecule has 1 spiro atoms. The van der Waals surface area contributed by atoms with Gasteiger partial charge < -0.3 is 20.2 Å². The molecule has 1 saturated carbocycles. The van der Waals surface area contributed by atoms with Gasteiger partial charge in [0.15, 0.2) is 0 Å². The van der Waals surface area contributed by atoms with Crippen molar-refractivity contribution in [2.24, 2.45) is 11.3 Å². The summed E-state index contributed by atoms with van der Waals surface area (Å²) in [6.07, 6.45) is 8.86. The summed E-state index contributed by atoms with van der Waals surface area (Å²) in [5, 5.41) is 13.1. The van der Waals surface area contributed by atoms with Gasteiger partial charge in [-0.25, -0.2) is 0 Å². The first kappa shape index (κ1) is 24.9. The number of carbonyl (C=O) groups excluding carboxylic acids is 2. The molecule has 5 rings (SSSR count). The molecule has 1 aromatic carbocycles. The summed E-state index contributed by atoms with van der Waals surface area (Å²) in [6, 6.07) is 14.1. The molecule has 2 amide bonds. The first-order chi connectivity index (χ1) is 17.5. The molecular weight excluding hydrogens is 452 g/mol. The number of aliphatic hydroxyl groups excluding tert-OH is 1. The fourth-order valence-electron chi connectivity index (χ4n) is 6.23. The lowest BCUT2D eigenvalue weighted by Gasteiger charge is -2.38. The molecule has 2 aromatic rings. The molecule has 0 bridgehead atoms. The molecule has 3 aliphatic rings. The van der Waals surface area contributed by atoms with Crippen molar-refractivity contribution >= 4 is 11.8 Å². The molecule has 2 saturated heterocycles. The van der Waals surface area contributed by atoms with Crippen molar-refractivity contribution in [3.8, 4) is 0 Å². The topological polar surface area (TPSA) is 85.8 Å². The Hall–Kier alpha value is -2.77. The number of benzene rings is 1. The van der Waals surface area contributed by atoms with Crippen molar-refractivity contribution in [2.45, 2.75) is 63.6 Å². The zero-order valence-corrected chi connectivity index (χ0v) is 21.0. The molecule has 3 fully saturated rings. The second-order valence-electron chi connectivity index (χ2n) is 10.9. The molecular formula is C29H38N4O3. The molecule has 192 valence electrons. The van der Waals surface area contributed by atoms with Gasteiger partial charge in [-0.3, -0.25) is 14.6 Å². The SMILES string of the molecule is O=C(NC(CCN1CCC2(CC1)CCN(Cc1cccnc1)C2=O)c1ccccc1)C1CC[C@H](O)C1. The number of rotatable bonds is 8. The summed E-state index contributed by atoms with van der Waals surface area (Å²) in [4.78, 5) is 34.9. The van der Waals surface area contributed by atoms with E-state index in [9.17, 15) is 14.7 Å². The second kappa shape index (κ2) is 11.1. The van der Waals surface area contributed by atoms with Crippen LogP contribution in [0.2, 0.25) is 0 Å². The van der Waals surface area contributed by atoms with Gasteiger partial charge in [0.2, 0.25) is 11.8 Å². The summed E-state index contributed by atoms with van der Waals surface area (Å²) >= 11 is 0. The number of likely N-dealkylation sites (tertiary alicyclic amines) is 2. The van der Waals surface area contributed by atoms with Crippen molar-refractivity contribution < 1.29 is 14.7 Å². The van der Waals surface area contributed by atoms with Crippen molar-refractivity contribution in [3.05, 3.63) is 66.0 Å². The molecule has 2 aliphatic heterocycles. The van der Waals surface area contributed by atoms with Crippen molar-refractivity contribution in [3.63, 3.8) is 0 Å². The first-order valence-electron chi connectivity index (χ1n) is 13.5. The van der Waals surface area contributed by atoms with E-state index in [0.29, 0.717) is 25.3 Å². The van der Waals surface area contributed by atoms with Crippen LogP contribution in [0, 0.1) is 11.3 Å². The lowest BCUT2D eigenvalue weighted by Crippen LogP contribution is -2.45. The van der Waals surface area contributed by atoms with E-state index in [1.807, 2.05) is 41.4 Å². The first-order valence-corrected chi connectivity index (χ1v) is 13.5. The van der Waals surface area contributed by atoms with Gasteiger partial charge in [0, 0.05) is 37.9 Å². The molecule has 0 radical (unpaired) electrons. The number of carbonyl (C=O) groups is 2. The summed E-state index contributed by atoms with van der Waals surface area (Å²) in [7, 11) is 0. The van der Waals surface area contributed by atoms with Crippen LogP contribution in [0.15, 0.2) is 54.9 Å². The van der Waals surface area contributed by atoms with Crippen molar-refractivity contribution in [1.29, 1.82) is 0 Å². The van der Waals surface area contributed by atoms with Gasteiger partial charge in [0.1, 0.15) is 0 Å². The fraction of sp³-hybridized carbons (Fsp3) is 0.552. The highest BCUT2D eigenvalue weighted by atomic mass is 16.3. The summed E-state index contributed by atoms with van der Waals surface area (Å²) < 4.78 is 0. The number of aromatic nitrogens is 1. The minimum absolute atomic E-state index is 0.0459. The Morgan fingerprint density at radius 1 is 1.08 bits per heavy atom. The number of nitrogens with zero attached hydrogens (tertiary/aromatic N) is 3. The Balaban J connectivity index is 1.15. The normalized spacial score (nSPS) is 24.8. The zero-order chi connectivity index (χ0) is 25.0. The molecule has 2 N–H and O–H groups in total. The van der Waals surface area contributed by atoms with E-state index in [-0.39, 0.29) is 29.4 Å². The Labute approximate surface area is 213 Å². The second-order valence-corrected chi connectivity index (χ2v) is 10.9. The molecule has 36 heavy (non-hydrogen) atoms. The average molecular weight is 491 g/mol. The number of aliphatic hydroxyl groups is 1. The quantitative estimate of drug-likeness (QED) is 0.593. The molecule has 1 aliphatic carbocycles. The highest BCUT2D eigenvalue weighted by Crippen LogP contribution is 2.42. The van der Waals surface area contributed by atoms with Gasteiger partial charge >= 0.3 is 0 Å². The van der Waals surface area contributed by atoms with E-state index >= 15 is 0 Å². The predicted molar refractivity (Wildman–Crippen MR) is 138 cm³/mol. The smallest absolute Gasteiger partial charge is 0.229 e. The summed E-state index contributed by atoms with van der Waals surface area (Å²) in [5.74, 6) is 0.270. The summed E-state index contributed by atoms with van der Waals surface area (Å²) in [5.41, 5.74) is 1.99. The third-order valence-electron chi connectivity index (χ3n) is 8.54. The van der Waals surface area contributed by atoms with Gasteiger partial charge in [0.05, 0.1) is 17.6 Å². The van der Waals surface area contributed by atoms with E-state index in [4.69, 9.17) is 0 Å². The minimum Gasteiger partial charge on any atom is -0.393 e. The number of hydrogen-bond acceptors (Lipinski definition) is 5. The maximum absolute atomic E-state index is 13.3. The standard InChI is InChI=1S/C29H38N4O3/c34-25-9-8-24(19-25)27(35)31-26(23-6-2-1-3-7-23)10-15-32-16-11-29(12-17-32)13-18-33(28(29)36)21-22-5-4-14-30-20-22/h1-7,14,20,24-26,34H,8-13,15-19,21H2,(H,31,35)/t24?,25-,26?/m0/s1. The van der Waals surface area contributed by atoms with Crippen LogP contribution in [-0.4, -0.2) is 64.0 Å². The number of amides is 2. The van der Waals surface area contributed by atoms with Crippen LogP contribution in [0.5, 0.6) is 0 Å². The zero-order valence-electron chi connectivity index (χ0n) is 21.0. The molecule has 3 heterocycles. The van der Waals surface area contributed by atoms with Gasteiger partial charge in [-0.2, -0.15) is 0 Å². The van der Waals surface area contributed by atoms with Crippen molar-refractivity contribution in [2.75, 3.05) is 26.2 Å². The van der Waals surface area contributed by atoms with Crippen LogP contribution >= 0.6 is 0 Å². The lowest BCUT2D eigenvalue weighted by molar-refractivity contribution is -0.139. The fourth-order valence-corrected chi connectivity index (χ4v) is 6.23. The predicted octanol–water partition coefficient (Wildman–Crippen LogP) is 3.30. The van der Waals surface area contributed by atoms with Crippen LogP contribution < -0.4 is 5.32 Å². The highest BCUT2D eigenvalue weighted by molar-refractivity contribution is 5.85. The molecule has 3 atom stereocenters. The van der Waals surface area contributed by atoms with E-state index < -0.39 is 0 Å². The van der Waals surface area contributed by atoms with E-state index in [1.165, 1.54) is 0 Å². The summed E-state index contributed by atoms with van der Waals surface area (Å²) in [6.45, 7) is 4.19. The Kier molecular flexibility index (Phi) is 7.67. The Morgan fingerprint density at radius 3 is 2.56 bits per heavy atom. The molecule has 1 aromatic heterocycles. The number of nitrogens with one attached hydrogen (secondary N) is 1. The number of hydrogen-bond donors (Lipinski definition) is 2. The monoisotopic (exact) mass is 490 g/mol. The van der Waals surface area contributed by atoms with E-state index in [1.54, 1.807) is 6.20 Å². The maximum Gasteiger partial charge on any atom is 0.229 e. The van der Waals surface area contributed by atoms with Gasteiger partial charge in [-0.1, -0.05) is 36.4 Å². The van der Waals surface area contributed by atoms with E-state index in [0.717, 1.165) is 69.4 Å². The van der Waals surface area contributed by atoms with Gasteiger partial charge in [-0.15, -0.1) is 0 Å². The van der Waals surface area contributed by atoms with Crippen molar-refractivity contribution in [1.82, 2.24) is 20.1 Å². The Bertz CT molecular complexity index is 1020. The minimum atomic E-state index is -0.352. The third-order valence-corrected chi connectivity index (χ3v) is 8.54. The molecule has 2 unspecified atom stereocenters. The molecule has 7 heteroatoms. The third kappa shape index (κ3) is 5.62. The number of pyridine rings is 1. The van der Waals surface area contributed by atoms with Crippen LogP contribution in [0.3, 0.4) is 0 Å². The maximum atomic E-state index is 13.3. The largest absolute Gasteiger partial charge is 0.393 e. The molecule has 7 nitrogen and oxygen atoms in total. The van der Waals surface area contributed by atoms with Crippen LogP contribution in [0.1, 0.15) is 62.1 Å². The lowest BCUT2D eigenvalue weighted by atomic mass is 9.77. The highest BCUT2D eigenvalue weighted by Gasteiger charge is 2.47. The van der Waals surface area contributed by atoms with E-state index in [2.05, 4.69) is 27.3 Å².